The van der Waals surface area contributed by atoms with Crippen molar-refractivity contribution in [2.24, 2.45) is 0 Å². The summed E-state index contributed by atoms with van der Waals surface area (Å²) in [5.74, 6) is 0. The molecule has 1 saturated heterocycles. The number of hydrogen-bond donors (Lipinski definition) is 2. The molecule has 108 valence electrons. The van der Waals surface area contributed by atoms with Crippen molar-refractivity contribution in [2.45, 2.75) is 45.3 Å². The summed E-state index contributed by atoms with van der Waals surface area (Å²) in [6, 6.07) is 0.545. The average molecular weight is 268 g/mol. The number of hydrogen-bond acceptors (Lipinski definition) is 5. The third-order valence-corrected chi connectivity index (χ3v) is 2.71. The molecule has 0 atom stereocenters. The number of nitrogens with zero attached hydrogens (tertiary/aromatic N) is 2. The highest BCUT2D eigenvalue weighted by molar-refractivity contribution is 5.37. The molecule has 6 nitrogen and oxygen atoms in total. The Morgan fingerprint density at radius 3 is 2.47 bits per heavy atom. The first-order valence-corrected chi connectivity index (χ1v) is 6.54. The summed E-state index contributed by atoms with van der Waals surface area (Å²) < 4.78 is 6.53. The molecular weight excluding hydrogens is 244 g/mol. The average Bonchev–Trinajstić information content (AvgIpc) is 2.76. The maximum Gasteiger partial charge on any atom is 0.293 e. The van der Waals surface area contributed by atoms with E-state index >= 15 is 0 Å². The molecule has 1 aliphatic heterocycles. The van der Waals surface area contributed by atoms with Gasteiger partial charge >= 0.3 is 0 Å². The molecule has 6 heteroatoms. The topological polar surface area (TPSA) is 82.2 Å². The number of anilines is 1. The van der Waals surface area contributed by atoms with Crippen LogP contribution in [0.25, 0.3) is 0 Å². The summed E-state index contributed by atoms with van der Waals surface area (Å²) in [7, 11) is 0. The van der Waals surface area contributed by atoms with Gasteiger partial charge in [0.05, 0.1) is 17.9 Å². The summed E-state index contributed by atoms with van der Waals surface area (Å²) >= 11 is 0. The highest BCUT2D eigenvalue weighted by atomic mass is 16.5. The van der Waals surface area contributed by atoms with E-state index in [1.807, 2.05) is 31.6 Å². The van der Waals surface area contributed by atoms with E-state index in [-0.39, 0.29) is 5.60 Å². The van der Waals surface area contributed by atoms with Gasteiger partial charge in [-0.2, -0.15) is 5.10 Å². The van der Waals surface area contributed by atoms with E-state index in [0.29, 0.717) is 12.5 Å². The Labute approximate surface area is 114 Å². The molecule has 19 heavy (non-hydrogen) atoms. The summed E-state index contributed by atoms with van der Waals surface area (Å²) in [6.07, 6.45) is 5.93. The monoisotopic (exact) mass is 268 g/mol. The third-order valence-electron chi connectivity index (χ3n) is 2.71. The Hall–Kier alpha value is -1.56. The van der Waals surface area contributed by atoms with Gasteiger partial charge in [0.1, 0.15) is 5.60 Å². The van der Waals surface area contributed by atoms with Gasteiger partial charge < -0.3 is 15.8 Å². The molecule has 0 unspecified atom stereocenters. The van der Waals surface area contributed by atoms with E-state index in [1.165, 1.54) is 0 Å². The van der Waals surface area contributed by atoms with Crippen LogP contribution in [0.4, 0.5) is 5.69 Å². The van der Waals surface area contributed by atoms with Crippen molar-refractivity contribution in [1.29, 1.82) is 0 Å². The zero-order chi connectivity index (χ0) is 14.3. The molecule has 0 aliphatic carbocycles. The van der Waals surface area contributed by atoms with Crippen LogP contribution < -0.4 is 11.1 Å². The van der Waals surface area contributed by atoms with Crippen LogP contribution in [0.5, 0.6) is 0 Å². The van der Waals surface area contributed by atoms with Crippen LogP contribution in [0, 0.1) is 0 Å². The van der Waals surface area contributed by atoms with E-state index in [4.69, 9.17) is 5.73 Å². The largest absolute Gasteiger partial charge is 0.462 e. The van der Waals surface area contributed by atoms with Crippen molar-refractivity contribution in [3.63, 3.8) is 0 Å². The lowest BCUT2D eigenvalue weighted by Crippen LogP contribution is -2.29. The molecule has 1 aromatic heterocycles. The van der Waals surface area contributed by atoms with Crippen molar-refractivity contribution in [1.82, 2.24) is 15.1 Å². The number of carbonyl (C=O) groups is 1. The fourth-order valence-electron chi connectivity index (χ4n) is 1.77. The Bertz CT molecular complexity index is 378. The molecule has 0 aromatic carbocycles. The predicted molar refractivity (Wildman–Crippen MR) is 74.7 cm³/mol. The van der Waals surface area contributed by atoms with Gasteiger partial charge in [-0.3, -0.25) is 9.48 Å². The molecule has 0 radical (unpaired) electrons. The van der Waals surface area contributed by atoms with E-state index in [2.05, 4.69) is 15.2 Å². The number of aromatic nitrogens is 2. The second-order valence-electron chi connectivity index (χ2n) is 5.56. The fraction of sp³-hybridized carbons (Fsp3) is 0.692. The number of carbonyl (C=O) groups excluding carboxylic acids is 1. The molecule has 0 saturated carbocycles. The molecule has 0 spiro atoms. The number of piperidine rings is 1. The number of rotatable bonds is 2. The molecule has 1 aromatic rings. The first-order chi connectivity index (χ1) is 8.92. The highest BCUT2D eigenvalue weighted by Gasteiger charge is 2.14. The first kappa shape index (κ1) is 15.5. The summed E-state index contributed by atoms with van der Waals surface area (Å²) in [4.78, 5) is 9.60. The van der Waals surface area contributed by atoms with Crippen molar-refractivity contribution >= 4 is 12.2 Å². The van der Waals surface area contributed by atoms with Gasteiger partial charge in [0, 0.05) is 6.20 Å². The SMILES string of the molecule is CC(C)(C)OC=O.Nc1cnn(C2CCNCC2)c1. The minimum absolute atomic E-state index is 0.318. The zero-order valence-electron chi connectivity index (χ0n) is 11.9. The maximum atomic E-state index is 9.60. The fourth-order valence-corrected chi connectivity index (χ4v) is 1.77. The molecule has 0 bridgehead atoms. The standard InChI is InChI=1S/C8H14N4.C5H10O2/c9-7-5-11-12(6-7)8-1-3-10-4-2-8;1-5(2,3)7-4-6/h5-6,8,10H,1-4,9H2;4H,1-3H3. The maximum absolute atomic E-state index is 9.60. The quantitative estimate of drug-likeness (QED) is 0.791. The second kappa shape index (κ2) is 7.13. The van der Waals surface area contributed by atoms with Gasteiger partial charge in [0.15, 0.2) is 0 Å². The molecule has 2 heterocycles. The van der Waals surface area contributed by atoms with Crippen LogP contribution >= 0.6 is 0 Å². The van der Waals surface area contributed by atoms with Crippen molar-refractivity contribution in [3.05, 3.63) is 12.4 Å². The zero-order valence-corrected chi connectivity index (χ0v) is 11.9. The highest BCUT2D eigenvalue weighted by Crippen LogP contribution is 2.18. The van der Waals surface area contributed by atoms with Crippen molar-refractivity contribution in [2.75, 3.05) is 18.8 Å². The van der Waals surface area contributed by atoms with Crippen LogP contribution in [0.15, 0.2) is 12.4 Å². The van der Waals surface area contributed by atoms with Crippen molar-refractivity contribution < 1.29 is 9.53 Å². The number of nitrogens with two attached hydrogens (primary N) is 1. The number of nitrogen functional groups attached to an aromatic ring is 1. The van der Waals surface area contributed by atoms with Gasteiger partial charge in [-0.15, -0.1) is 0 Å². The van der Waals surface area contributed by atoms with Gasteiger partial charge in [-0.05, 0) is 46.7 Å². The minimum atomic E-state index is -0.318. The van der Waals surface area contributed by atoms with E-state index in [1.54, 1.807) is 6.20 Å². The minimum Gasteiger partial charge on any atom is -0.462 e. The molecule has 1 aliphatic rings. The molecular formula is C13H24N4O2. The van der Waals surface area contributed by atoms with Crippen molar-refractivity contribution in [3.8, 4) is 0 Å². The van der Waals surface area contributed by atoms with Gasteiger partial charge in [0.2, 0.25) is 0 Å². The smallest absolute Gasteiger partial charge is 0.293 e. The molecule has 2 rings (SSSR count). The summed E-state index contributed by atoms with van der Waals surface area (Å²) in [5.41, 5.74) is 6.03. The lowest BCUT2D eigenvalue weighted by atomic mass is 10.1. The molecule has 0 amide bonds. The van der Waals surface area contributed by atoms with E-state index in [9.17, 15) is 4.79 Å². The van der Waals surface area contributed by atoms with Crippen LogP contribution in [-0.2, 0) is 9.53 Å². The van der Waals surface area contributed by atoms with Gasteiger partial charge in [-0.1, -0.05) is 0 Å². The summed E-state index contributed by atoms with van der Waals surface area (Å²) in [5, 5.41) is 7.52. The normalized spacial score (nSPS) is 16.4. The summed E-state index contributed by atoms with van der Waals surface area (Å²) in [6.45, 7) is 8.10. The van der Waals surface area contributed by atoms with Crippen LogP contribution in [-0.4, -0.2) is 34.9 Å². The lowest BCUT2D eigenvalue weighted by Gasteiger charge is -2.22. The van der Waals surface area contributed by atoms with Crippen LogP contribution in [0.2, 0.25) is 0 Å². The molecule has 1 fully saturated rings. The predicted octanol–water partition coefficient (Wildman–Crippen LogP) is 1.35. The van der Waals surface area contributed by atoms with Gasteiger partial charge in [0.25, 0.3) is 6.47 Å². The first-order valence-electron chi connectivity index (χ1n) is 6.54. The van der Waals surface area contributed by atoms with E-state index < -0.39 is 0 Å². The lowest BCUT2D eigenvalue weighted by molar-refractivity contribution is -0.138. The number of ether oxygens (including phenoxy) is 1. The molecule has 3 N–H and O–H groups in total. The Morgan fingerprint density at radius 1 is 1.47 bits per heavy atom. The van der Waals surface area contributed by atoms with E-state index in [0.717, 1.165) is 31.6 Å². The van der Waals surface area contributed by atoms with Gasteiger partial charge in [-0.25, -0.2) is 0 Å². The Morgan fingerprint density at radius 2 is 2.11 bits per heavy atom. The second-order valence-corrected chi connectivity index (χ2v) is 5.56. The van der Waals surface area contributed by atoms with Crippen LogP contribution in [0.3, 0.4) is 0 Å². The Kier molecular flexibility index (Phi) is 5.82. The number of nitrogens with one attached hydrogen (secondary N) is 1. The third kappa shape index (κ3) is 6.24. The van der Waals surface area contributed by atoms with Crippen LogP contribution in [0.1, 0.15) is 39.7 Å². The Balaban J connectivity index is 0.000000224.